The van der Waals surface area contributed by atoms with Crippen LogP contribution in [0.5, 0.6) is 0 Å². The fourth-order valence-corrected chi connectivity index (χ4v) is 1.51. The van der Waals surface area contributed by atoms with Crippen molar-refractivity contribution in [3.8, 4) is 0 Å². The van der Waals surface area contributed by atoms with Gasteiger partial charge in [0, 0.05) is 18.7 Å². The first-order chi connectivity index (χ1) is 6.54. The van der Waals surface area contributed by atoms with Gasteiger partial charge in [0.05, 0.1) is 0 Å². The summed E-state index contributed by atoms with van der Waals surface area (Å²) in [5.41, 5.74) is 5.67. The Bertz CT molecular complexity index is 289. The highest BCUT2D eigenvalue weighted by atomic mass is 15.2. The fraction of sp³-hybridized carbons (Fsp3) is 0.600. The van der Waals surface area contributed by atoms with Gasteiger partial charge in [-0.15, -0.1) is 0 Å². The lowest BCUT2D eigenvalue weighted by Crippen LogP contribution is -2.31. The van der Waals surface area contributed by atoms with Crippen LogP contribution in [0.2, 0.25) is 0 Å². The van der Waals surface area contributed by atoms with E-state index in [9.17, 15) is 0 Å². The molecule has 0 radical (unpaired) electrons. The number of nitrogens with zero attached hydrogens (tertiary/aromatic N) is 3. The maximum atomic E-state index is 5.67. The summed E-state index contributed by atoms with van der Waals surface area (Å²) in [7, 11) is 0. The van der Waals surface area contributed by atoms with Crippen LogP contribution >= 0.6 is 0 Å². The number of nitrogens with two attached hydrogens (primary N) is 1. The molecule has 4 heteroatoms. The van der Waals surface area contributed by atoms with Gasteiger partial charge in [0.15, 0.2) is 0 Å². The van der Waals surface area contributed by atoms with Crippen molar-refractivity contribution in [1.82, 2.24) is 9.97 Å². The van der Waals surface area contributed by atoms with Crippen molar-refractivity contribution in [2.75, 3.05) is 17.2 Å². The summed E-state index contributed by atoms with van der Waals surface area (Å²) in [5.74, 6) is 2.17. The average Bonchev–Trinajstić information content (AvgIpc) is 2.02. The minimum atomic E-state index is 0.425. The Hall–Kier alpha value is -1.32. The Morgan fingerprint density at radius 2 is 2.07 bits per heavy atom. The Labute approximate surface area is 85.2 Å². The number of aryl methyl sites for hydroxylation is 1. The van der Waals surface area contributed by atoms with Crippen LogP contribution in [0.4, 0.5) is 11.6 Å². The highest BCUT2D eigenvalue weighted by molar-refractivity contribution is 5.47. The Kier molecular flexibility index (Phi) is 3.28. The standard InChI is InChI=1S/C10H18N4/c1-5-14(7(2)3)10-6-9(11)12-8(4)13-10/h6-7H,5H2,1-4H3,(H2,11,12,13). The molecule has 14 heavy (non-hydrogen) atoms. The van der Waals surface area contributed by atoms with Crippen molar-refractivity contribution in [2.24, 2.45) is 0 Å². The van der Waals surface area contributed by atoms with E-state index in [2.05, 4.69) is 35.6 Å². The van der Waals surface area contributed by atoms with E-state index in [1.54, 1.807) is 0 Å². The summed E-state index contributed by atoms with van der Waals surface area (Å²) in [4.78, 5) is 10.6. The van der Waals surface area contributed by atoms with E-state index in [0.29, 0.717) is 11.9 Å². The first-order valence-electron chi connectivity index (χ1n) is 4.92. The monoisotopic (exact) mass is 194 g/mol. The molecule has 0 spiro atoms. The third-order valence-corrected chi connectivity index (χ3v) is 2.10. The maximum absolute atomic E-state index is 5.67. The van der Waals surface area contributed by atoms with E-state index in [-0.39, 0.29) is 0 Å². The zero-order valence-corrected chi connectivity index (χ0v) is 9.28. The largest absolute Gasteiger partial charge is 0.384 e. The van der Waals surface area contributed by atoms with E-state index in [1.807, 2.05) is 13.0 Å². The van der Waals surface area contributed by atoms with Gasteiger partial charge in [0.1, 0.15) is 17.5 Å². The van der Waals surface area contributed by atoms with Crippen molar-refractivity contribution < 1.29 is 0 Å². The molecule has 0 aliphatic carbocycles. The summed E-state index contributed by atoms with van der Waals surface area (Å²) in [5, 5.41) is 0. The fourth-order valence-electron chi connectivity index (χ4n) is 1.51. The normalized spacial score (nSPS) is 10.6. The highest BCUT2D eigenvalue weighted by Crippen LogP contribution is 2.15. The highest BCUT2D eigenvalue weighted by Gasteiger charge is 2.10. The summed E-state index contributed by atoms with van der Waals surface area (Å²) in [6.45, 7) is 9.16. The zero-order valence-electron chi connectivity index (χ0n) is 9.28. The summed E-state index contributed by atoms with van der Waals surface area (Å²) in [6, 6.07) is 2.24. The summed E-state index contributed by atoms with van der Waals surface area (Å²) < 4.78 is 0. The van der Waals surface area contributed by atoms with Gasteiger partial charge in [0.2, 0.25) is 0 Å². The van der Waals surface area contributed by atoms with E-state index in [1.165, 1.54) is 0 Å². The molecule has 4 nitrogen and oxygen atoms in total. The Morgan fingerprint density at radius 3 is 2.50 bits per heavy atom. The van der Waals surface area contributed by atoms with E-state index in [4.69, 9.17) is 5.73 Å². The summed E-state index contributed by atoms with van der Waals surface area (Å²) in [6.07, 6.45) is 0. The number of hydrogen-bond acceptors (Lipinski definition) is 4. The molecule has 0 saturated heterocycles. The lowest BCUT2D eigenvalue weighted by molar-refractivity contribution is 0.690. The van der Waals surface area contributed by atoms with Gasteiger partial charge in [0.25, 0.3) is 0 Å². The summed E-state index contributed by atoms with van der Waals surface area (Å²) >= 11 is 0. The van der Waals surface area contributed by atoms with Crippen LogP contribution in [0.3, 0.4) is 0 Å². The molecular formula is C10H18N4. The number of anilines is 2. The molecule has 2 N–H and O–H groups in total. The van der Waals surface area contributed by atoms with Crippen LogP contribution in [-0.2, 0) is 0 Å². The van der Waals surface area contributed by atoms with E-state index in [0.717, 1.165) is 18.2 Å². The second-order valence-electron chi connectivity index (χ2n) is 3.58. The molecule has 0 saturated carbocycles. The van der Waals surface area contributed by atoms with Crippen LogP contribution < -0.4 is 10.6 Å². The lowest BCUT2D eigenvalue weighted by atomic mass is 10.3. The lowest BCUT2D eigenvalue weighted by Gasteiger charge is -2.26. The molecule has 0 aliphatic rings. The third-order valence-electron chi connectivity index (χ3n) is 2.10. The molecule has 0 aromatic carbocycles. The first kappa shape index (κ1) is 10.8. The van der Waals surface area contributed by atoms with Gasteiger partial charge in [-0.05, 0) is 27.7 Å². The van der Waals surface area contributed by atoms with Crippen molar-refractivity contribution in [1.29, 1.82) is 0 Å². The molecule has 1 aromatic heterocycles. The van der Waals surface area contributed by atoms with E-state index >= 15 is 0 Å². The maximum Gasteiger partial charge on any atom is 0.134 e. The van der Waals surface area contributed by atoms with Crippen LogP contribution in [0, 0.1) is 6.92 Å². The molecule has 0 amide bonds. The molecule has 1 rings (SSSR count). The topological polar surface area (TPSA) is 55.0 Å². The molecule has 0 aliphatic heterocycles. The molecule has 0 fully saturated rings. The van der Waals surface area contributed by atoms with Crippen LogP contribution in [0.15, 0.2) is 6.07 Å². The van der Waals surface area contributed by atoms with Gasteiger partial charge in [-0.1, -0.05) is 0 Å². The molecule has 1 aromatic rings. The molecule has 0 bridgehead atoms. The van der Waals surface area contributed by atoms with E-state index < -0.39 is 0 Å². The van der Waals surface area contributed by atoms with Gasteiger partial charge in [-0.2, -0.15) is 0 Å². The molecule has 0 atom stereocenters. The quantitative estimate of drug-likeness (QED) is 0.794. The van der Waals surface area contributed by atoms with Crippen LogP contribution in [0.1, 0.15) is 26.6 Å². The van der Waals surface area contributed by atoms with Crippen molar-refractivity contribution in [3.05, 3.63) is 11.9 Å². The number of hydrogen-bond donors (Lipinski definition) is 1. The molecule has 78 valence electrons. The Morgan fingerprint density at radius 1 is 1.43 bits per heavy atom. The van der Waals surface area contributed by atoms with Crippen molar-refractivity contribution >= 4 is 11.6 Å². The van der Waals surface area contributed by atoms with Gasteiger partial charge in [-0.25, -0.2) is 9.97 Å². The minimum absolute atomic E-state index is 0.425. The number of rotatable bonds is 3. The molecular weight excluding hydrogens is 176 g/mol. The third kappa shape index (κ3) is 2.34. The first-order valence-corrected chi connectivity index (χ1v) is 4.92. The SMILES string of the molecule is CCN(c1cc(N)nc(C)n1)C(C)C. The minimum Gasteiger partial charge on any atom is -0.384 e. The average molecular weight is 194 g/mol. The van der Waals surface area contributed by atoms with Crippen LogP contribution in [-0.4, -0.2) is 22.6 Å². The molecule has 0 unspecified atom stereocenters. The predicted octanol–water partition coefficient (Wildman–Crippen LogP) is 1.60. The van der Waals surface area contributed by atoms with Gasteiger partial charge >= 0.3 is 0 Å². The van der Waals surface area contributed by atoms with Crippen molar-refractivity contribution in [3.63, 3.8) is 0 Å². The number of nitrogen functional groups attached to an aromatic ring is 1. The van der Waals surface area contributed by atoms with Gasteiger partial charge < -0.3 is 10.6 Å². The Balaban J connectivity index is 3.04. The zero-order chi connectivity index (χ0) is 10.7. The van der Waals surface area contributed by atoms with Crippen LogP contribution in [0.25, 0.3) is 0 Å². The number of aromatic nitrogens is 2. The second kappa shape index (κ2) is 4.26. The predicted molar refractivity (Wildman–Crippen MR) is 59.3 cm³/mol. The molecule has 1 heterocycles. The smallest absolute Gasteiger partial charge is 0.134 e. The van der Waals surface area contributed by atoms with Gasteiger partial charge in [-0.3, -0.25) is 0 Å². The second-order valence-corrected chi connectivity index (χ2v) is 3.58. The van der Waals surface area contributed by atoms with Crippen molar-refractivity contribution in [2.45, 2.75) is 33.7 Å².